The molecule has 4 rings (SSSR count). The van der Waals surface area contributed by atoms with Crippen LogP contribution in [0.2, 0.25) is 0 Å². The van der Waals surface area contributed by atoms with E-state index in [0.29, 0.717) is 35.0 Å². The minimum absolute atomic E-state index is 0.0403. The van der Waals surface area contributed by atoms with Gasteiger partial charge in [0.25, 0.3) is 0 Å². The Morgan fingerprint density at radius 3 is 2.76 bits per heavy atom. The second-order valence-corrected chi connectivity index (χ2v) is 7.07. The molecule has 0 spiro atoms. The Hall–Kier alpha value is -3.19. The van der Waals surface area contributed by atoms with Gasteiger partial charge in [0.15, 0.2) is 17.3 Å². The van der Waals surface area contributed by atoms with Crippen molar-refractivity contribution < 1.29 is 19.1 Å². The summed E-state index contributed by atoms with van der Waals surface area (Å²) < 4.78 is 10.9. The fourth-order valence-corrected chi connectivity index (χ4v) is 3.61. The number of Topliss-reactive ketones (excluding diaryl/α,β-unsaturated/α-hetero) is 1. The maximum Gasteiger partial charge on any atom is 0.238 e. The maximum absolute atomic E-state index is 12.9. The molecule has 2 aliphatic heterocycles. The first-order chi connectivity index (χ1) is 14.1. The van der Waals surface area contributed by atoms with Gasteiger partial charge in [-0.1, -0.05) is 0 Å². The number of aliphatic imine (C=N–C) groups is 1. The fraction of sp³-hybridized carbons (Fsp3) is 0.318. The lowest BCUT2D eigenvalue weighted by Crippen LogP contribution is -2.23. The molecule has 0 radical (unpaired) electrons. The Labute approximate surface area is 169 Å². The normalized spacial score (nSPS) is 17.2. The summed E-state index contributed by atoms with van der Waals surface area (Å²) in [6.07, 6.45) is 0.846. The van der Waals surface area contributed by atoms with Gasteiger partial charge in [0.05, 0.1) is 5.71 Å². The minimum atomic E-state index is -0.584. The van der Waals surface area contributed by atoms with Crippen molar-refractivity contribution >= 4 is 23.1 Å². The van der Waals surface area contributed by atoms with Crippen molar-refractivity contribution in [2.24, 2.45) is 4.99 Å². The second-order valence-electron chi connectivity index (χ2n) is 7.07. The van der Waals surface area contributed by atoms with Crippen LogP contribution in [0.4, 0.5) is 5.69 Å². The van der Waals surface area contributed by atoms with Gasteiger partial charge in [-0.05, 0) is 68.9 Å². The van der Waals surface area contributed by atoms with Crippen LogP contribution in [0.3, 0.4) is 0 Å². The molecule has 0 fully saturated rings. The number of hydrogen-bond donors (Lipinski definition) is 2. The van der Waals surface area contributed by atoms with Crippen LogP contribution in [0.15, 0.2) is 41.4 Å². The van der Waals surface area contributed by atoms with E-state index in [0.717, 1.165) is 24.1 Å². The highest BCUT2D eigenvalue weighted by atomic mass is 16.7. The molecule has 2 aromatic carbocycles. The molecule has 0 saturated heterocycles. The predicted molar refractivity (Wildman–Crippen MR) is 110 cm³/mol. The predicted octanol–water partition coefficient (Wildman–Crippen LogP) is 2.75. The van der Waals surface area contributed by atoms with E-state index in [4.69, 9.17) is 14.5 Å². The van der Waals surface area contributed by atoms with Crippen molar-refractivity contribution in [3.05, 3.63) is 53.1 Å². The highest BCUT2D eigenvalue weighted by molar-refractivity contribution is 6.24. The first kappa shape index (κ1) is 19.1. The number of nitrogens with zero attached hydrogens (tertiary/aromatic N) is 1. The molecule has 2 aromatic rings. The first-order valence-corrected chi connectivity index (χ1v) is 9.63. The van der Waals surface area contributed by atoms with E-state index in [1.54, 1.807) is 18.2 Å². The monoisotopic (exact) mass is 393 g/mol. The first-order valence-electron chi connectivity index (χ1n) is 9.63. The van der Waals surface area contributed by atoms with Crippen molar-refractivity contribution in [1.29, 1.82) is 0 Å². The molecule has 1 unspecified atom stereocenters. The number of rotatable bonds is 7. The molecule has 0 aromatic heterocycles. The maximum atomic E-state index is 12.9. The summed E-state index contributed by atoms with van der Waals surface area (Å²) in [6, 6.07) is 10.9. The Morgan fingerprint density at radius 1 is 1.17 bits per heavy atom. The van der Waals surface area contributed by atoms with Gasteiger partial charge in [-0.25, -0.2) is 0 Å². The molecule has 0 bridgehead atoms. The van der Waals surface area contributed by atoms with Gasteiger partial charge >= 0.3 is 0 Å². The summed E-state index contributed by atoms with van der Waals surface area (Å²) in [4.78, 5) is 29.6. The molecular weight excluding hydrogens is 370 g/mol. The van der Waals surface area contributed by atoms with E-state index in [-0.39, 0.29) is 18.5 Å². The fourth-order valence-electron chi connectivity index (χ4n) is 3.61. The number of fused-ring (bicyclic) bond motifs is 2. The number of hydrogen-bond acceptors (Lipinski definition) is 6. The van der Waals surface area contributed by atoms with Crippen LogP contribution in [-0.4, -0.2) is 44.3 Å². The second kappa shape index (κ2) is 8.05. The lowest BCUT2D eigenvalue weighted by atomic mass is 9.89. The molecule has 1 amide bonds. The zero-order valence-electron chi connectivity index (χ0n) is 16.5. The summed E-state index contributed by atoms with van der Waals surface area (Å²) in [7, 11) is 1.90. The lowest BCUT2D eigenvalue weighted by molar-refractivity contribution is -0.115. The third-order valence-corrected chi connectivity index (χ3v) is 5.10. The van der Waals surface area contributed by atoms with Gasteiger partial charge < -0.3 is 20.1 Å². The van der Waals surface area contributed by atoms with E-state index in [9.17, 15) is 9.59 Å². The summed E-state index contributed by atoms with van der Waals surface area (Å²) in [5.41, 5.74) is 3.53. The number of ketones is 1. The van der Waals surface area contributed by atoms with Gasteiger partial charge in [-0.3, -0.25) is 14.6 Å². The Balaban J connectivity index is 1.77. The third-order valence-electron chi connectivity index (χ3n) is 5.10. The van der Waals surface area contributed by atoms with E-state index >= 15 is 0 Å². The molecular formula is C22H23N3O4. The largest absolute Gasteiger partial charge is 0.454 e. The van der Waals surface area contributed by atoms with E-state index < -0.39 is 5.92 Å². The SMILES string of the molecule is CNCCCN=C(c1ccc2c(c1)OCO2)C1C(=O)Nc2ccc(C(C)=O)cc21. The van der Waals surface area contributed by atoms with E-state index in [2.05, 4.69) is 10.6 Å². The number of nitrogens with one attached hydrogen (secondary N) is 2. The number of ether oxygens (including phenoxy) is 2. The zero-order chi connectivity index (χ0) is 20.4. The van der Waals surface area contributed by atoms with Gasteiger partial charge in [-0.2, -0.15) is 0 Å². The minimum Gasteiger partial charge on any atom is -0.454 e. The van der Waals surface area contributed by atoms with Crippen LogP contribution >= 0.6 is 0 Å². The zero-order valence-corrected chi connectivity index (χ0v) is 16.5. The van der Waals surface area contributed by atoms with E-state index in [1.807, 2.05) is 25.2 Å². The van der Waals surface area contributed by atoms with Crippen LogP contribution in [0.5, 0.6) is 11.5 Å². The standard InChI is InChI=1S/C22H23N3O4/c1-13(26)14-4-6-17-16(10-14)20(22(27)25-17)21(24-9-3-8-23-2)15-5-7-18-19(11-15)29-12-28-18/h4-7,10-11,20,23H,3,8-9,12H2,1-2H3,(H,25,27). The summed E-state index contributed by atoms with van der Waals surface area (Å²) in [5, 5.41) is 6.02. The summed E-state index contributed by atoms with van der Waals surface area (Å²) >= 11 is 0. The van der Waals surface area contributed by atoms with Crippen LogP contribution in [0.25, 0.3) is 0 Å². The molecule has 0 aliphatic carbocycles. The van der Waals surface area contributed by atoms with Crippen LogP contribution < -0.4 is 20.1 Å². The molecule has 1 atom stereocenters. The van der Waals surface area contributed by atoms with Gasteiger partial charge in [0.1, 0.15) is 5.92 Å². The van der Waals surface area contributed by atoms with Crippen LogP contribution in [0.1, 0.15) is 40.7 Å². The average molecular weight is 393 g/mol. The van der Waals surface area contributed by atoms with Crippen LogP contribution in [-0.2, 0) is 4.79 Å². The molecule has 29 heavy (non-hydrogen) atoms. The number of benzene rings is 2. The summed E-state index contributed by atoms with van der Waals surface area (Å²) in [5.74, 6) is 0.548. The van der Waals surface area contributed by atoms with Crippen molar-refractivity contribution in [3.8, 4) is 11.5 Å². The van der Waals surface area contributed by atoms with Crippen molar-refractivity contribution in [3.63, 3.8) is 0 Å². The molecule has 2 N–H and O–H groups in total. The average Bonchev–Trinajstić information content (AvgIpc) is 3.30. The topological polar surface area (TPSA) is 89.0 Å². The van der Waals surface area contributed by atoms with Gasteiger partial charge in [-0.15, -0.1) is 0 Å². The molecule has 2 aliphatic rings. The highest BCUT2D eigenvalue weighted by Gasteiger charge is 2.36. The molecule has 2 heterocycles. The molecule has 150 valence electrons. The summed E-state index contributed by atoms with van der Waals surface area (Å²) in [6.45, 7) is 3.11. The van der Waals surface area contributed by atoms with E-state index in [1.165, 1.54) is 6.92 Å². The highest BCUT2D eigenvalue weighted by Crippen LogP contribution is 2.38. The Bertz CT molecular complexity index is 1000. The smallest absolute Gasteiger partial charge is 0.238 e. The third kappa shape index (κ3) is 3.73. The van der Waals surface area contributed by atoms with Crippen molar-refractivity contribution in [1.82, 2.24) is 5.32 Å². The lowest BCUT2D eigenvalue weighted by Gasteiger charge is -2.15. The van der Waals surface area contributed by atoms with Crippen molar-refractivity contribution in [2.75, 3.05) is 32.2 Å². The van der Waals surface area contributed by atoms with Gasteiger partial charge in [0, 0.05) is 23.4 Å². The number of anilines is 1. The molecule has 7 nitrogen and oxygen atoms in total. The Morgan fingerprint density at radius 2 is 1.97 bits per heavy atom. The van der Waals surface area contributed by atoms with Crippen molar-refractivity contribution in [2.45, 2.75) is 19.3 Å². The van der Waals surface area contributed by atoms with Gasteiger partial charge in [0.2, 0.25) is 12.7 Å². The number of carbonyl (C=O) groups is 2. The van der Waals surface area contributed by atoms with Crippen LogP contribution in [0, 0.1) is 0 Å². The number of amides is 1. The Kier molecular flexibility index (Phi) is 5.31. The number of carbonyl (C=O) groups excluding carboxylic acids is 2. The molecule has 7 heteroatoms. The quantitative estimate of drug-likeness (QED) is 0.429. The molecule has 0 saturated carbocycles.